The summed E-state index contributed by atoms with van der Waals surface area (Å²) in [6.07, 6.45) is 14.3. The van der Waals surface area contributed by atoms with Crippen LogP contribution in [0.25, 0.3) is 0 Å². The van der Waals surface area contributed by atoms with Crippen LogP contribution in [0.1, 0.15) is 90.9 Å². The quantitative estimate of drug-likeness (QED) is 0.416. The van der Waals surface area contributed by atoms with Crippen LogP contribution >= 0.6 is 0 Å². The zero-order valence-electron chi connectivity index (χ0n) is 13.1. The molecule has 0 radical (unpaired) electrons. The summed E-state index contributed by atoms with van der Waals surface area (Å²) in [6, 6.07) is 0. The van der Waals surface area contributed by atoms with E-state index in [-0.39, 0.29) is 0 Å². The molecule has 0 aromatic heterocycles. The SMILES string of the molecule is CCCCCCCCCCCCS(=O)(=O)CCCC. The fourth-order valence-corrected chi connectivity index (χ4v) is 3.85. The molecular formula is C16H34O2S. The van der Waals surface area contributed by atoms with Crippen LogP contribution in [0.5, 0.6) is 0 Å². The van der Waals surface area contributed by atoms with Crippen molar-refractivity contribution < 1.29 is 8.42 Å². The Balaban J connectivity index is 3.26. The Hall–Kier alpha value is -0.0500. The molecule has 3 heteroatoms. The lowest BCUT2D eigenvalue weighted by Gasteiger charge is -2.04. The summed E-state index contributed by atoms with van der Waals surface area (Å²) in [4.78, 5) is 0. The third-order valence-electron chi connectivity index (χ3n) is 3.62. The normalized spacial score (nSPS) is 11.9. The van der Waals surface area contributed by atoms with E-state index in [4.69, 9.17) is 0 Å². The van der Waals surface area contributed by atoms with Crippen LogP contribution in [0, 0.1) is 0 Å². The van der Waals surface area contributed by atoms with E-state index in [1.165, 1.54) is 51.4 Å². The Morgan fingerprint density at radius 2 is 0.895 bits per heavy atom. The molecule has 0 aliphatic carbocycles. The average Bonchev–Trinajstić information content (AvgIpc) is 2.38. The van der Waals surface area contributed by atoms with E-state index < -0.39 is 9.84 Å². The van der Waals surface area contributed by atoms with Crippen molar-refractivity contribution >= 4 is 9.84 Å². The minimum Gasteiger partial charge on any atom is -0.229 e. The highest BCUT2D eigenvalue weighted by Crippen LogP contribution is 2.11. The fraction of sp³-hybridized carbons (Fsp3) is 1.00. The third-order valence-corrected chi connectivity index (χ3v) is 5.44. The molecule has 0 saturated heterocycles. The summed E-state index contributed by atoms with van der Waals surface area (Å²) in [6.45, 7) is 4.28. The Bertz CT molecular complexity index is 270. The molecule has 0 spiro atoms. The van der Waals surface area contributed by atoms with E-state index in [2.05, 4.69) is 6.92 Å². The monoisotopic (exact) mass is 290 g/mol. The molecule has 0 unspecified atom stereocenters. The van der Waals surface area contributed by atoms with E-state index in [9.17, 15) is 8.42 Å². The van der Waals surface area contributed by atoms with Crippen molar-refractivity contribution in [1.29, 1.82) is 0 Å². The van der Waals surface area contributed by atoms with Crippen molar-refractivity contribution in [1.82, 2.24) is 0 Å². The molecule has 0 bridgehead atoms. The molecule has 0 aromatic rings. The maximum Gasteiger partial charge on any atom is 0.150 e. The highest BCUT2D eigenvalue weighted by molar-refractivity contribution is 7.91. The first-order chi connectivity index (χ1) is 9.12. The lowest BCUT2D eigenvalue weighted by Crippen LogP contribution is -2.10. The highest BCUT2D eigenvalue weighted by atomic mass is 32.2. The Morgan fingerprint density at radius 1 is 0.526 bits per heavy atom. The smallest absolute Gasteiger partial charge is 0.150 e. The van der Waals surface area contributed by atoms with E-state index in [1.54, 1.807) is 0 Å². The van der Waals surface area contributed by atoms with Gasteiger partial charge in [-0.2, -0.15) is 0 Å². The van der Waals surface area contributed by atoms with Crippen molar-refractivity contribution in [3.05, 3.63) is 0 Å². The van der Waals surface area contributed by atoms with Crippen LogP contribution in [0.2, 0.25) is 0 Å². The molecule has 0 rings (SSSR count). The molecule has 19 heavy (non-hydrogen) atoms. The summed E-state index contributed by atoms with van der Waals surface area (Å²) < 4.78 is 23.3. The second kappa shape index (κ2) is 13.0. The largest absolute Gasteiger partial charge is 0.229 e. The highest BCUT2D eigenvalue weighted by Gasteiger charge is 2.08. The minimum absolute atomic E-state index is 0.390. The summed E-state index contributed by atoms with van der Waals surface area (Å²) in [5.41, 5.74) is 0. The molecule has 0 aliphatic rings. The zero-order valence-corrected chi connectivity index (χ0v) is 13.9. The molecule has 0 fully saturated rings. The Labute approximate surface area is 121 Å². The van der Waals surface area contributed by atoms with Crippen molar-refractivity contribution in [3.8, 4) is 0 Å². The van der Waals surface area contributed by atoms with Crippen molar-refractivity contribution in [2.75, 3.05) is 11.5 Å². The number of hydrogen-bond acceptors (Lipinski definition) is 2. The van der Waals surface area contributed by atoms with Gasteiger partial charge in [-0.25, -0.2) is 8.42 Å². The Kier molecular flexibility index (Phi) is 12.9. The van der Waals surface area contributed by atoms with Gasteiger partial charge in [-0.1, -0.05) is 78.1 Å². The van der Waals surface area contributed by atoms with Gasteiger partial charge in [-0.05, 0) is 12.8 Å². The number of unbranched alkanes of at least 4 members (excludes halogenated alkanes) is 10. The summed E-state index contributed by atoms with van der Waals surface area (Å²) in [5.74, 6) is 0.796. The van der Waals surface area contributed by atoms with Gasteiger partial charge in [0.05, 0.1) is 11.5 Å². The van der Waals surface area contributed by atoms with Gasteiger partial charge in [-0.3, -0.25) is 0 Å². The van der Waals surface area contributed by atoms with Gasteiger partial charge < -0.3 is 0 Å². The molecule has 0 amide bonds. The number of sulfone groups is 1. The van der Waals surface area contributed by atoms with Crippen molar-refractivity contribution in [2.24, 2.45) is 0 Å². The molecule has 2 nitrogen and oxygen atoms in total. The van der Waals surface area contributed by atoms with Crippen molar-refractivity contribution in [3.63, 3.8) is 0 Å². The maximum atomic E-state index is 11.6. The van der Waals surface area contributed by atoms with Crippen LogP contribution in [0.15, 0.2) is 0 Å². The molecule has 0 aliphatic heterocycles. The lowest BCUT2D eigenvalue weighted by molar-refractivity contribution is 0.557. The lowest BCUT2D eigenvalue weighted by atomic mass is 10.1. The van der Waals surface area contributed by atoms with Crippen molar-refractivity contribution in [2.45, 2.75) is 90.9 Å². The van der Waals surface area contributed by atoms with E-state index >= 15 is 0 Å². The third kappa shape index (κ3) is 14.2. The second-order valence-electron chi connectivity index (χ2n) is 5.69. The standard InChI is InChI=1S/C16H34O2S/c1-3-5-7-8-9-10-11-12-13-14-16-19(17,18)15-6-4-2/h3-16H2,1-2H3. The van der Waals surface area contributed by atoms with Gasteiger partial charge in [0, 0.05) is 0 Å². The first-order valence-electron chi connectivity index (χ1n) is 8.32. The molecule has 116 valence electrons. The molecule has 0 aromatic carbocycles. The molecule has 0 heterocycles. The van der Waals surface area contributed by atoms with E-state index in [0.29, 0.717) is 11.5 Å². The van der Waals surface area contributed by atoms with Gasteiger partial charge >= 0.3 is 0 Å². The van der Waals surface area contributed by atoms with Gasteiger partial charge in [0.1, 0.15) is 9.84 Å². The summed E-state index contributed by atoms with van der Waals surface area (Å²) >= 11 is 0. The number of hydrogen-bond donors (Lipinski definition) is 0. The summed E-state index contributed by atoms with van der Waals surface area (Å²) in [7, 11) is -2.75. The Morgan fingerprint density at radius 3 is 1.37 bits per heavy atom. The van der Waals surface area contributed by atoms with Crippen LogP contribution in [-0.4, -0.2) is 19.9 Å². The fourth-order valence-electron chi connectivity index (χ4n) is 2.28. The topological polar surface area (TPSA) is 34.1 Å². The van der Waals surface area contributed by atoms with Gasteiger partial charge in [-0.15, -0.1) is 0 Å². The number of rotatable bonds is 14. The van der Waals surface area contributed by atoms with E-state index in [1.807, 2.05) is 6.92 Å². The molecular weight excluding hydrogens is 256 g/mol. The van der Waals surface area contributed by atoms with Crippen LogP contribution in [0.4, 0.5) is 0 Å². The van der Waals surface area contributed by atoms with Gasteiger partial charge in [0.15, 0.2) is 0 Å². The molecule has 0 saturated carbocycles. The first kappa shape index (κ1) is 18.9. The first-order valence-corrected chi connectivity index (χ1v) is 10.1. The predicted molar refractivity (Wildman–Crippen MR) is 85.4 cm³/mol. The average molecular weight is 291 g/mol. The van der Waals surface area contributed by atoms with Crippen LogP contribution in [0.3, 0.4) is 0 Å². The predicted octanol–water partition coefficient (Wildman–Crippen LogP) is 5.12. The van der Waals surface area contributed by atoms with E-state index in [0.717, 1.165) is 25.7 Å². The molecule has 0 N–H and O–H groups in total. The zero-order chi connectivity index (χ0) is 14.4. The van der Waals surface area contributed by atoms with Crippen LogP contribution < -0.4 is 0 Å². The van der Waals surface area contributed by atoms with Gasteiger partial charge in [0.2, 0.25) is 0 Å². The van der Waals surface area contributed by atoms with Crippen LogP contribution in [-0.2, 0) is 9.84 Å². The minimum atomic E-state index is -2.75. The summed E-state index contributed by atoms with van der Waals surface area (Å²) in [5, 5.41) is 0. The maximum absolute atomic E-state index is 11.6. The second-order valence-corrected chi connectivity index (χ2v) is 7.99. The molecule has 0 atom stereocenters. The van der Waals surface area contributed by atoms with Gasteiger partial charge in [0.25, 0.3) is 0 Å².